The van der Waals surface area contributed by atoms with Gasteiger partial charge in [0.25, 0.3) is 6.43 Å². The van der Waals surface area contributed by atoms with E-state index in [-0.39, 0.29) is 5.91 Å². The second kappa shape index (κ2) is 5.43. The highest BCUT2D eigenvalue weighted by molar-refractivity contribution is 6.02. The SMILES string of the molecule is CCC1(CC)NC(=O)C(C)(CC)N(CC(F)F)C1=O. The summed E-state index contributed by atoms with van der Waals surface area (Å²) >= 11 is 0. The summed E-state index contributed by atoms with van der Waals surface area (Å²) in [4.78, 5) is 25.9. The van der Waals surface area contributed by atoms with Gasteiger partial charge in [-0.05, 0) is 26.2 Å². The molecule has 2 amide bonds. The van der Waals surface area contributed by atoms with Crippen molar-refractivity contribution in [2.24, 2.45) is 0 Å². The second-order valence-corrected chi connectivity index (χ2v) is 5.18. The Balaban J connectivity index is 3.23. The van der Waals surface area contributed by atoms with Crippen molar-refractivity contribution in [2.75, 3.05) is 6.54 Å². The lowest BCUT2D eigenvalue weighted by molar-refractivity contribution is -0.165. The number of piperazine rings is 1. The van der Waals surface area contributed by atoms with Crippen LogP contribution in [0.25, 0.3) is 0 Å². The standard InChI is InChI=1S/C13H22F2N2O2/c1-5-12(4)10(18)16-13(6-2,7-3)11(19)17(12)8-9(14)15/h9H,5-8H2,1-4H3,(H,16,18). The quantitative estimate of drug-likeness (QED) is 0.834. The Hall–Kier alpha value is -1.20. The number of alkyl halides is 2. The normalized spacial score (nSPS) is 26.8. The van der Waals surface area contributed by atoms with Crippen molar-refractivity contribution in [3.63, 3.8) is 0 Å². The minimum atomic E-state index is -2.65. The van der Waals surface area contributed by atoms with Gasteiger partial charge in [-0.15, -0.1) is 0 Å². The van der Waals surface area contributed by atoms with Gasteiger partial charge in [-0.1, -0.05) is 20.8 Å². The average Bonchev–Trinajstić information content (AvgIpc) is 2.39. The molecule has 0 bridgehead atoms. The van der Waals surface area contributed by atoms with Crippen LogP contribution in [0, 0.1) is 0 Å². The number of hydrogen-bond acceptors (Lipinski definition) is 2. The van der Waals surface area contributed by atoms with Crippen molar-refractivity contribution in [3.8, 4) is 0 Å². The molecule has 1 N–H and O–H groups in total. The monoisotopic (exact) mass is 276 g/mol. The van der Waals surface area contributed by atoms with Gasteiger partial charge in [0.05, 0.1) is 6.54 Å². The molecule has 0 aliphatic carbocycles. The second-order valence-electron chi connectivity index (χ2n) is 5.18. The van der Waals surface area contributed by atoms with E-state index in [0.29, 0.717) is 19.3 Å². The molecule has 1 unspecified atom stereocenters. The first kappa shape index (κ1) is 15.9. The van der Waals surface area contributed by atoms with E-state index in [2.05, 4.69) is 5.32 Å². The van der Waals surface area contributed by atoms with E-state index in [0.717, 1.165) is 4.90 Å². The third-order valence-corrected chi connectivity index (χ3v) is 4.31. The van der Waals surface area contributed by atoms with Crippen LogP contribution < -0.4 is 5.32 Å². The molecule has 0 aromatic rings. The average molecular weight is 276 g/mol. The number of nitrogens with one attached hydrogen (secondary N) is 1. The molecule has 0 saturated carbocycles. The minimum Gasteiger partial charge on any atom is -0.340 e. The molecular formula is C13H22F2N2O2. The van der Waals surface area contributed by atoms with E-state index in [9.17, 15) is 18.4 Å². The highest BCUT2D eigenvalue weighted by Gasteiger charge is 2.54. The highest BCUT2D eigenvalue weighted by Crippen LogP contribution is 2.32. The van der Waals surface area contributed by atoms with Crippen LogP contribution in [-0.4, -0.2) is 40.8 Å². The van der Waals surface area contributed by atoms with Gasteiger partial charge in [-0.25, -0.2) is 8.78 Å². The largest absolute Gasteiger partial charge is 0.340 e. The third kappa shape index (κ3) is 2.44. The molecule has 110 valence electrons. The van der Waals surface area contributed by atoms with Gasteiger partial charge in [0.1, 0.15) is 11.1 Å². The summed E-state index contributed by atoms with van der Waals surface area (Å²) in [7, 11) is 0. The lowest BCUT2D eigenvalue weighted by atomic mass is 9.81. The number of carbonyl (C=O) groups excluding carboxylic acids is 2. The van der Waals surface area contributed by atoms with Gasteiger partial charge in [-0.2, -0.15) is 0 Å². The lowest BCUT2D eigenvalue weighted by Gasteiger charge is -2.50. The Morgan fingerprint density at radius 3 is 2.05 bits per heavy atom. The van der Waals surface area contributed by atoms with E-state index >= 15 is 0 Å². The number of rotatable bonds is 5. The van der Waals surface area contributed by atoms with E-state index in [1.807, 2.05) is 0 Å². The molecule has 1 heterocycles. The predicted molar refractivity (Wildman–Crippen MR) is 67.9 cm³/mol. The number of carbonyl (C=O) groups is 2. The molecule has 6 heteroatoms. The summed E-state index contributed by atoms with van der Waals surface area (Å²) < 4.78 is 25.5. The summed E-state index contributed by atoms with van der Waals surface area (Å²) in [5.41, 5.74) is -2.23. The highest BCUT2D eigenvalue weighted by atomic mass is 19.3. The molecule has 19 heavy (non-hydrogen) atoms. The van der Waals surface area contributed by atoms with Gasteiger partial charge in [-0.3, -0.25) is 9.59 Å². The lowest BCUT2D eigenvalue weighted by Crippen LogP contribution is -2.75. The van der Waals surface area contributed by atoms with Gasteiger partial charge in [0, 0.05) is 0 Å². The van der Waals surface area contributed by atoms with Crippen molar-refractivity contribution < 1.29 is 18.4 Å². The summed E-state index contributed by atoms with van der Waals surface area (Å²) in [5, 5.41) is 2.75. The van der Waals surface area contributed by atoms with Crippen molar-refractivity contribution in [3.05, 3.63) is 0 Å². The summed E-state index contributed by atoms with van der Waals surface area (Å²) in [5.74, 6) is -0.749. The first-order chi connectivity index (χ1) is 8.77. The molecule has 0 aromatic carbocycles. The fourth-order valence-electron chi connectivity index (χ4n) is 2.51. The van der Waals surface area contributed by atoms with Crippen LogP contribution in [0.2, 0.25) is 0 Å². The van der Waals surface area contributed by atoms with Crippen LogP contribution in [0.4, 0.5) is 8.78 Å². The van der Waals surface area contributed by atoms with Gasteiger partial charge < -0.3 is 10.2 Å². The van der Waals surface area contributed by atoms with E-state index < -0.39 is 30.0 Å². The molecule has 1 saturated heterocycles. The smallest absolute Gasteiger partial charge is 0.255 e. The molecule has 1 aliphatic heterocycles. The van der Waals surface area contributed by atoms with E-state index in [1.165, 1.54) is 6.92 Å². The van der Waals surface area contributed by atoms with Crippen molar-refractivity contribution >= 4 is 11.8 Å². The minimum absolute atomic E-state index is 0.306. The van der Waals surface area contributed by atoms with Crippen LogP contribution >= 0.6 is 0 Å². The Bertz CT molecular complexity index is 370. The number of halogens is 2. The van der Waals surface area contributed by atoms with E-state index in [1.54, 1.807) is 20.8 Å². The van der Waals surface area contributed by atoms with Crippen LogP contribution in [0.1, 0.15) is 47.0 Å². The number of nitrogens with zero attached hydrogens (tertiary/aromatic N) is 1. The maximum atomic E-state index is 12.7. The van der Waals surface area contributed by atoms with Crippen molar-refractivity contribution in [1.82, 2.24) is 10.2 Å². The van der Waals surface area contributed by atoms with Crippen LogP contribution in [0.5, 0.6) is 0 Å². The molecule has 4 nitrogen and oxygen atoms in total. The van der Waals surface area contributed by atoms with Crippen LogP contribution in [-0.2, 0) is 9.59 Å². The molecule has 0 spiro atoms. The summed E-state index contributed by atoms with van der Waals surface area (Å²) in [6.07, 6.45) is -1.55. The fourth-order valence-corrected chi connectivity index (χ4v) is 2.51. The Labute approximate surface area is 112 Å². The first-order valence-electron chi connectivity index (χ1n) is 6.70. The maximum absolute atomic E-state index is 12.7. The molecular weight excluding hydrogens is 254 g/mol. The van der Waals surface area contributed by atoms with E-state index in [4.69, 9.17) is 0 Å². The number of amides is 2. The van der Waals surface area contributed by atoms with Crippen LogP contribution in [0.3, 0.4) is 0 Å². The molecule has 1 rings (SSSR count). The first-order valence-corrected chi connectivity index (χ1v) is 6.70. The summed E-state index contributed by atoms with van der Waals surface area (Å²) in [6.45, 7) is 6.11. The Morgan fingerprint density at radius 2 is 1.68 bits per heavy atom. The Morgan fingerprint density at radius 1 is 1.16 bits per heavy atom. The zero-order chi connectivity index (χ0) is 14.8. The predicted octanol–water partition coefficient (Wildman–Crippen LogP) is 1.94. The zero-order valence-corrected chi connectivity index (χ0v) is 11.9. The topological polar surface area (TPSA) is 49.4 Å². The van der Waals surface area contributed by atoms with Crippen LogP contribution in [0.15, 0.2) is 0 Å². The molecule has 1 atom stereocenters. The van der Waals surface area contributed by atoms with Crippen molar-refractivity contribution in [1.29, 1.82) is 0 Å². The van der Waals surface area contributed by atoms with Gasteiger partial charge in [0.15, 0.2) is 0 Å². The van der Waals surface area contributed by atoms with Gasteiger partial charge >= 0.3 is 0 Å². The molecule has 1 fully saturated rings. The zero-order valence-electron chi connectivity index (χ0n) is 11.9. The number of hydrogen-bond donors (Lipinski definition) is 1. The fraction of sp³-hybridized carbons (Fsp3) is 0.846. The molecule has 0 aromatic heterocycles. The molecule has 0 radical (unpaired) electrons. The van der Waals surface area contributed by atoms with Gasteiger partial charge in [0.2, 0.25) is 11.8 Å². The maximum Gasteiger partial charge on any atom is 0.255 e. The third-order valence-electron chi connectivity index (χ3n) is 4.31. The molecule has 1 aliphatic rings. The van der Waals surface area contributed by atoms with Crippen molar-refractivity contribution in [2.45, 2.75) is 64.5 Å². The summed E-state index contributed by atoms with van der Waals surface area (Å²) in [6, 6.07) is 0. The Kier molecular flexibility index (Phi) is 4.53.